The molecule has 2 aromatic carbocycles. The normalized spacial score (nSPS) is 11.1. The summed E-state index contributed by atoms with van der Waals surface area (Å²) < 4.78 is 11.0. The Morgan fingerprint density at radius 1 is 1.25 bits per heavy atom. The summed E-state index contributed by atoms with van der Waals surface area (Å²) >= 11 is 5.92. The van der Waals surface area contributed by atoms with Crippen molar-refractivity contribution < 1.29 is 13.9 Å². The molecule has 0 fully saturated rings. The molecule has 28 heavy (non-hydrogen) atoms. The van der Waals surface area contributed by atoms with Crippen LogP contribution < -0.4 is 15.6 Å². The van der Waals surface area contributed by atoms with Gasteiger partial charge in [0.25, 0.3) is 5.91 Å². The minimum absolute atomic E-state index is 0.203. The third-order valence-electron chi connectivity index (χ3n) is 4.01. The van der Waals surface area contributed by atoms with E-state index in [1.807, 2.05) is 0 Å². The van der Waals surface area contributed by atoms with Crippen LogP contribution in [0.5, 0.6) is 5.75 Å². The molecule has 6 nitrogen and oxygen atoms in total. The number of nitrogens with zero attached hydrogens (tertiary/aromatic N) is 1. The maximum atomic E-state index is 12.4. The standard InChI is InChI=1S/C21H19ClN2O4/c1-2-3-10-27-17-7-4-14(5-8-17)21(26)24-23-12-15-13-28-19-9-6-16(22)11-18(19)20(15)25/h4-9,11-13H,2-3,10H2,1H3,(H,24,26). The van der Waals surface area contributed by atoms with Gasteiger partial charge in [-0.15, -0.1) is 0 Å². The summed E-state index contributed by atoms with van der Waals surface area (Å²) in [5.74, 6) is 0.311. The Hall–Kier alpha value is -3.12. The van der Waals surface area contributed by atoms with Crippen LogP contribution in [0.3, 0.4) is 0 Å². The first-order chi connectivity index (χ1) is 13.6. The first-order valence-corrected chi connectivity index (χ1v) is 9.23. The average Bonchev–Trinajstić information content (AvgIpc) is 2.71. The molecule has 7 heteroatoms. The number of amides is 1. The van der Waals surface area contributed by atoms with E-state index in [0.29, 0.717) is 33.9 Å². The SMILES string of the molecule is CCCCOc1ccc(C(=O)NN=Cc2coc3ccc(Cl)cc3c2=O)cc1. The summed E-state index contributed by atoms with van der Waals surface area (Å²) in [6, 6.07) is 11.6. The third-order valence-corrected chi connectivity index (χ3v) is 4.25. The molecule has 0 aliphatic heterocycles. The smallest absolute Gasteiger partial charge is 0.271 e. The van der Waals surface area contributed by atoms with Gasteiger partial charge in [0.05, 0.1) is 23.8 Å². The number of hydrazone groups is 1. The van der Waals surface area contributed by atoms with Crippen LogP contribution in [0.1, 0.15) is 35.7 Å². The molecule has 1 aromatic heterocycles. The Bertz CT molecular complexity index is 1060. The van der Waals surface area contributed by atoms with Gasteiger partial charge in [0.1, 0.15) is 17.6 Å². The van der Waals surface area contributed by atoms with E-state index >= 15 is 0 Å². The highest BCUT2D eigenvalue weighted by Gasteiger charge is 2.07. The van der Waals surface area contributed by atoms with E-state index in [1.54, 1.807) is 36.4 Å². The van der Waals surface area contributed by atoms with Crippen LogP contribution in [-0.2, 0) is 0 Å². The van der Waals surface area contributed by atoms with E-state index in [0.717, 1.165) is 12.8 Å². The number of ether oxygens (including phenoxy) is 1. The van der Waals surface area contributed by atoms with E-state index in [2.05, 4.69) is 17.5 Å². The molecule has 1 N–H and O–H groups in total. The van der Waals surface area contributed by atoms with Crippen molar-refractivity contribution in [1.29, 1.82) is 0 Å². The van der Waals surface area contributed by atoms with Crippen molar-refractivity contribution in [3.63, 3.8) is 0 Å². The first kappa shape index (κ1) is 19.6. The summed E-state index contributed by atoms with van der Waals surface area (Å²) in [6.07, 6.45) is 4.57. The lowest BCUT2D eigenvalue weighted by Gasteiger charge is -2.06. The molecule has 0 radical (unpaired) electrons. The van der Waals surface area contributed by atoms with Crippen molar-refractivity contribution in [1.82, 2.24) is 5.43 Å². The van der Waals surface area contributed by atoms with Crippen LogP contribution in [0, 0.1) is 0 Å². The van der Waals surface area contributed by atoms with E-state index in [1.165, 1.54) is 18.5 Å². The average molecular weight is 399 g/mol. The predicted molar refractivity (Wildman–Crippen MR) is 109 cm³/mol. The largest absolute Gasteiger partial charge is 0.494 e. The molecule has 0 aliphatic rings. The lowest BCUT2D eigenvalue weighted by molar-refractivity contribution is 0.0955. The fourth-order valence-corrected chi connectivity index (χ4v) is 2.64. The molecule has 0 saturated carbocycles. The number of unbranched alkanes of at least 4 members (excludes halogenated alkanes) is 1. The van der Waals surface area contributed by atoms with Gasteiger partial charge in [-0.25, -0.2) is 5.43 Å². The molecule has 0 aliphatic carbocycles. The van der Waals surface area contributed by atoms with Gasteiger partial charge in [0.2, 0.25) is 5.43 Å². The Balaban J connectivity index is 1.66. The van der Waals surface area contributed by atoms with Gasteiger partial charge >= 0.3 is 0 Å². The highest BCUT2D eigenvalue weighted by molar-refractivity contribution is 6.31. The van der Waals surface area contributed by atoms with Crippen molar-refractivity contribution >= 4 is 34.7 Å². The number of carbonyl (C=O) groups excluding carboxylic acids is 1. The molecule has 0 atom stereocenters. The number of nitrogens with one attached hydrogen (secondary N) is 1. The second-order valence-electron chi connectivity index (χ2n) is 6.09. The summed E-state index contributed by atoms with van der Waals surface area (Å²) in [5.41, 5.74) is 3.17. The van der Waals surface area contributed by atoms with Gasteiger partial charge in [-0.2, -0.15) is 5.10 Å². The number of hydrogen-bond donors (Lipinski definition) is 1. The molecule has 3 rings (SSSR count). The third kappa shape index (κ3) is 4.78. The molecule has 0 saturated heterocycles. The van der Waals surface area contributed by atoms with E-state index in [4.69, 9.17) is 20.8 Å². The zero-order chi connectivity index (χ0) is 19.9. The van der Waals surface area contributed by atoms with Gasteiger partial charge in [-0.05, 0) is 48.9 Å². The molecule has 0 bridgehead atoms. The van der Waals surface area contributed by atoms with Crippen molar-refractivity contribution in [2.75, 3.05) is 6.61 Å². The van der Waals surface area contributed by atoms with Crippen molar-refractivity contribution in [2.24, 2.45) is 5.10 Å². The maximum Gasteiger partial charge on any atom is 0.271 e. The van der Waals surface area contributed by atoms with Crippen LogP contribution in [0.4, 0.5) is 0 Å². The highest BCUT2D eigenvalue weighted by atomic mass is 35.5. The predicted octanol–water partition coefficient (Wildman–Crippen LogP) is 4.39. The number of benzene rings is 2. The molecular formula is C21H19ClN2O4. The Labute approximate surface area is 166 Å². The van der Waals surface area contributed by atoms with E-state index in [9.17, 15) is 9.59 Å². The molecule has 0 unspecified atom stereocenters. The first-order valence-electron chi connectivity index (χ1n) is 8.86. The molecular weight excluding hydrogens is 380 g/mol. The van der Waals surface area contributed by atoms with Crippen LogP contribution >= 0.6 is 11.6 Å². The van der Waals surface area contributed by atoms with Gasteiger partial charge in [-0.1, -0.05) is 24.9 Å². The molecule has 0 spiro atoms. The Morgan fingerprint density at radius 2 is 2.04 bits per heavy atom. The molecule has 1 heterocycles. The van der Waals surface area contributed by atoms with Crippen LogP contribution in [0.25, 0.3) is 11.0 Å². The van der Waals surface area contributed by atoms with Crippen LogP contribution in [0.15, 0.2) is 63.0 Å². The zero-order valence-electron chi connectivity index (χ0n) is 15.3. The second-order valence-corrected chi connectivity index (χ2v) is 6.52. The number of hydrogen-bond acceptors (Lipinski definition) is 5. The fourth-order valence-electron chi connectivity index (χ4n) is 2.47. The van der Waals surface area contributed by atoms with Crippen molar-refractivity contribution in [2.45, 2.75) is 19.8 Å². The Kier molecular flexibility index (Phi) is 6.45. The monoisotopic (exact) mass is 398 g/mol. The van der Waals surface area contributed by atoms with Gasteiger partial charge in [0.15, 0.2) is 0 Å². The van der Waals surface area contributed by atoms with E-state index in [-0.39, 0.29) is 11.0 Å². The lowest BCUT2D eigenvalue weighted by atomic mass is 10.2. The van der Waals surface area contributed by atoms with Crippen molar-refractivity contribution in [3.8, 4) is 5.75 Å². The summed E-state index contributed by atoms with van der Waals surface area (Å²) in [5, 5.41) is 4.63. The van der Waals surface area contributed by atoms with Crippen LogP contribution in [-0.4, -0.2) is 18.7 Å². The Morgan fingerprint density at radius 3 is 2.79 bits per heavy atom. The second kappa shape index (κ2) is 9.19. The summed E-state index contributed by atoms with van der Waals surface area (Å²) in [6.45, 7) is 2.74. The van der Waals surface area contributed by atoms with Gasteiger partial charge < -0.3 is 9.15 Å². The minimum Gasteiger partial charge on any atom is -0.494 e. The topological polar surface area (TPSA) is 80.9 Å². The highest BCUT2D eigenvalue weighted by Crippen LogP contribution is 2.16. The van der Waals surface area contributed by atoms with E-state index < -0.39 is 5.91 Å². The van der Waals surface area contributed by atoms with Crippen molar-refractivity contribution in [3.05, 3.63) is 75.1 Å². The molecule has 144 valence electrons. The number of halogens is 1. The quantitative estimate of drug-likeness (QED) is 0.363. The lowest BCUT2D eigenvalue weighted by Crippen LogP contribution is -2.18. The zero-order valence-corrected chi connectivity index (χ0v) is 16.0. The number of carbonyl (C=O) groups is 1. The molecule has 3 aromatic rings. The molecule has 1 amide bonds. The summed E-state index contributed by atoms with van der Waals surface area (Å²) in [4.78, 5) is 24.6. The number of fused-ring (bicyclic) bond motifs is 1. The van der Waals surface area contributed by atoms with Crippen LogP contribution in [0.2, 0.25) is 5.02 Å². The summed E-state index contributed by atoms with van der Waals surface area (Å²) in [7, 11) is 0. The minimum atomic E-state index is -0.399. The van der Waals surface area contributed by atoms with Gasteiger partial charge in [0, 0.05) is 10.6 Å². The maximum absolute atomic E-state index is 12.4. The van der Waals surface area contributed by atoms with Gasteiger partial charge in [-0.3, -0.25) is 9.59 Å². The number of rotatable bonds is 7. The fraction of sp³-hybridized carbons (Fsp3) is 0.190.